The summed E-state index contributed by atoms with van der Waals surface area (Å²) in [7, 11) is 0. The van der Waals surface area contributed by atoms with Gasteiger partial charge in [-0.15, -0.1) is 0 Å². The van der Waals surface area contributed by atoms with Crippen LogP contribution in [0, 0.1) is 3.70 Å². The smallest absolute Gasteiger partial charge is 0.178 e. The van der Waals surface area contributed by atoms with Gasteiger partial charge in [0, 0.05) is 18.2 Å². The molecule has 0 spiro atoms. The maximum atomic E-state index is 6.03. The summed E-state index contributed by atoms with van der Waals surface area (Å²) in [6, 6.07) is 1.82. The van der Waals surface area contributed by atoms with E-state index in [1.54, 1.807) is 10.7 Å². The van der Waals surface area contributed by atoms with E-state index in [0.717, 1.165) is 28.1 Å². The first-order chi connectivity index (χ1) is 8.57. The summed E-state index contributed by atoms with van der Waals surface area (Å²) < 4.78 is 2.70. The molecule has 0 radical (unpaired) electrons. The fourth-order valence-corrected chi connectivity index (χ4v) is 2.70. The second kappa shape index (κ2) is 4.50. The van der Waals surface area contributed by atoms with Crippen LogP contribution >= 0.6 is 34.2 Å². The highest BCUT2D eigenvalue weighted by Gasteiger charge is 2.30. The van der Waals surface area contributed by atoms with E-state index in [-0.39, 0.29) is 5.54 Å². The van der Waals surface area contributed by atoms with Crippen LogP contribution in [0.4, 0.5) is 5.69 Å². The van der Waals surface area contributed by atoms with E-state index in [1.165, 1.54) is 6.42 Å². The van der Waals surface area contributed by atoms with Gasteiger partial charge in [0.1, 0.15) is 3.70 Å². The van der Waals surface area contributed by atoms with Crippen LogP contribution in [0.3, 0.4) is 0 Å². The van der Waals surface area contributed by atoms with Crippen LogP contribution in [0.25, 0.3) is 5.65 Å². The number of hydrogen-bond acceptors (Lipinski definition) is 4. The molecule has 7 heteroatoms. The van der Waals surface area contributed by atoms with Crippen molar-refractivity contribution in [3.8, 4) is 0 Å². The minimum absolute atomic E-state index is 0.173. The minimum Gasteiger partial charge on any atom is -0.380 e. The van der Waals surface area contributed by atoms with Crippen molar-refractivity contribution in [1.82, 2.24) is 19.9 Å². The van der Waals surface area contributed by atoms with Gasteiger partial charge in [-0.1, -0.05) is 11.6 Å². The Morgan fingerprint density at radius 3 is 3.11 bits per heavy atom. The maximum absolute atomic E-state index is 6.03. The zero-order valence-corrected chi connectivity index (χ0v) is 12.8. The van der Waals surface area contributed by atoms with Crippen LogP contribution in [0.15, 0.2) is 12.3 Å². The van der Waals surface area contributed by atoms with E-state index < -0.39 is 0 Å². The number of nitrogens with one attached hydrogen (secondary N) is 2. The molecule has 1 atom stereocenters. The van der Waals surface area contributed by atoms with Crippen molar-refractivity contribution in [3.05, 3.63) is 21.1 Å². The van der Waals surface area contributed by atoms with Crippen LogP contribution in [0.1, 0.15) is 13.3 Å². The summed E-state index contributed by atoms with van der Waals surface area (Å²) >= 11 is 8.22. The predicted octanol–water partition coefficient (Wildman–Crippen LogP) is 2.15. The second-order valence-electron chi connectivity index (χ2n) is 4.79. The molecule has 0 bridgehead atoms. The van der Waals surface area contributed by atoms with Crippen molar-refractivity contribution in [2.24, 2.45) is 0 Å². The maximum Gasteiger partial charge on any atom is 0.178 e. The van der Waals surface area contributed by atoms with Gasteiger partial charge in [-0.25, -0.2) is 9.50 Å². The van der Waals surface area contributed by atoms with Gasteiger partial charge in [0.25, 0.3) is 0 Å². The molecule has 2 aromatic heterocycles. The van der Waals surface area contributed by atoms with Crippen LogP contribution in [0.2, 0.25) is 5.15 Å². The molecule has 3 rings (SSSR count). The zero-order chi connectivity index (χ0) is 12.8. The zero-order valence-electron chi connectivity index (χ0n) is 9.87. The fraction of sp³-hybridized carbons (Fsp3) is 0.455. The van der Waals surface area contributed by atoms with Gasteiger partial charge in [0.05, 0.1) is 11.9 Å². The van der Waals surface area contributed by atoms with Gasteiger partial charge in [-0.3, -0.25) is 0 Å². The van der Waals surface area contributed by atoms with E-state index in [9.17, 15) is 0 Å². The van der Waals surface area contributed by atoms with E-state index in [4.69, 9.17) is 11.6 Å². The Labute approximate surface area is 123 Å². The summed E-state index contributed by atoms with van der Waals surface area (Å²) in [5.74, 6) is 0. The van der Waals surface area contributed by atoms with E-state index >= 15 is 0 Å². The first-order valence-corrected chi connectivity index (χ1v) is 7.22. The lowest BCUT2D eigenvalue weighted by Crippen LogP contribution is -2.58. The number of hydrogen-bond donors (Lipinski definition) is 2. The van der Waals surface area contributed by atoms with Crippen LogP contribution in [-0.2, 0) is 0 Å². The van der Waals surface area contributed by atoms with E-state index in [2.05, 4.69) is 50.2 Å². The Hall–Kier alpha value is -0.600. The molecule has 3 heterocycles. The van der Waals surface area contributed by atoms with Crippen molar-refractivity contribution in [2.45, 2.75) is 18.9 Å². The molecule has 1 saturated heterocycles. The molecule has 0 aromatic carbocycles. The molecule has 0 saturated carbocycles. The van der Waals surface area contributed by atoms with E-state index in [0.29, 0.717) is 5.15 Å². The Morgan fingerprint density at radius 1 is 1.67 bits per heavy atom. The van der Waals surface area contributed by atoms with Crippen LogP contribution < -0.4 is 10.6 Å². The number of imidazole rings is 1. The Bertz CT molecular complexity index is 592. The number of halogens is 2. The molecule has 1 aliphatic heterocycles. The standard InChI is InChI=1S/C11H13ClIN5/c1-11(2-3-16-11)6-15-7-4-8(12)17-18-9(13)5-14-10(7)18/h4-5,15-16H,2-3,6H2,1H3. The lowest BCUT2D eigenvalue weighted by Gasteiger charge is -2.40. The summed E-state index contributed by atoms with van der Waals surface area (Å²) in [5.41, 5.74) is 1.91. The van der Waals surface area contributed by atoms with Gasteiger partial charge in [-0.2, -0.15) is 5.10 Å². The third-order valence-corrected chi connectivity index (χ3v) is 4.21. The fourth-order valence-electron chi connectivity index (χ4n) is 2.03. The van der Waals surface area contributed by atoms with Crippen molar-refractivity contribution >= 4 is 45.5 Å². The molecular formula is C11H13ClIN5. The third kappa shape index (κ3) is 2.17. The topological polar surface area (TPSA) is 54.2 Å². The lowest BCUT2D eigenvalue weighted by atomic mass is 9.90. The summed E-state index contributed by atoms with van der Waals surface area (Å²) in [4.78, 5) is 4.36. The van der Waals surface area contributed by atoms with Crippen LogP contribution in [0.5, 0.6) is 0 Å². The molecule has 96 valence electrons. The van der Waals surface area contributed by atoms with Crippen molar-refractivity contribution in [1.29, 1.82) is 0 Å². The quantitative estimate of drug-likeness (QED) is 0.805. The molecule has 2 aromatic rings. The molecule has 0 aliphatic carbocycles. The normalized spacial score (nSPS) is 23.1. The minimum atomic E-state index is 0.173. The number of aromatic nitrogens is 3. The monoisotopic (exact) mass is 377 g/mol. The Balaban J connectivity index is 1.90. The van der Waals surface area contributed by atoms with Gasteiger partial charge in [-0.05, 0) is 42.5 Å². The highest BCUT2D eigenvalue weighted by atomic mass is 127. The first-order valence-electron chi connectivity index (χ1n) is 5.76. The molecular weight excluding hydrogens is 365 g/mol. The highest BCUT2D eigenvalue weighted by Crippen LogP contribution is 2.23. The third-order valence-electron chi connectivity index (χ3n) is 3.29. The summed E-state index contributed by atoms with van der Waals surface area (Å²) in [6.07, 6.45) is 2.97. The van der Waals surface area contributed by atoms with Gasteiger partial charge >= 0.3 is 0 Å². The number of fused-ring (bicyclic) bond motifs is 1. The van der Waals surface area contributed by atoms with Gasteiger partial charge in [0.15, 0.2) is 10.8 Å². The van der Waals surface area contributed by atoms with Crippen molar-refractivity contribution in [3.63, 3.8) is 0 Å². The Morgan fingerprint density at radius 2 is 2.44 bits per heavy atom. The largest absolute Gasteiger partial charge is 0.380 e. The highest BCUT2D eigenvalue weighted by molar-refractivity contribution is 14.1. The average Bonchev–Trinajstić information content (AvgIpc) is 2.66. The van der Waals surface area contributed by atoms with Crippen molar-refractivity contribution < 1.29 is 0 Å². The molecule has 5 nitrogen and oxygen atoms in total. The number of anilines is 1. The number of nitrogens with zero attached hydrogens (tertiary/aromatic N) is 3. The molecule has 1 unspecified atom stereocenters. The molecule has 1 fully saturated rings. The molecule has 2 N–H and O–H groups in total. The van der Waals surface area contributed by atoms with Crippen LogP contribution in [-0.4, -0.2) is 33.2 Å². The molecule has 18 heavy (non-hydrogen) atoms. The first kappa shape index (κ1) is 12.4. The van der Waals surface area contributed by atoms with Crippen molar-refractivity contribution in [2.75, 3.05) is 18.4 Å². The molecule has 0 amide bonds. The predicted molar refractivity (Wildman–Crippen MR) is 80.2 cm³/mol. The second-order valence-corrected chi connectivity index (χ2v) is 6.28. The summed E-state index contributed by atoms with van der Waals surface area (Å²) in [5, 5.41) is 11.5. The lowest BCUT2D eigenvalue weighted by molar-refractivity contribution is 0.249. The SMILES string of the molecule is CC1(CNc2cc(Cl)nn3c(I)cnc23)CCN1. The van der Waals surface area contributed by atoms with Gasteiger partial charge < -0.3 is 10.6 Å². The number of rotatable bonds is 3. The Kier molecular flexibility index (Phi) is 3.11. The molecule has 1 aliphatic rings. The van der Waals surface area contributed by atoms with Gasteiger partial charge in [0.2, 0.25) is 0 Å². The average molecular weight is 378 g/mol. The summed E-state index contributed by atoms with van der Waals surface area (Å²) in [6.45, 7) is 4.15. The van der Waals surface area contributed by atoms with E-state index in [1.807, 2.05) is 6.07 Å².